The predicted molar refractivity (Wildman–Crippen MR) is 113 cm³/mol. The van der Waals surface area contributed by atoms with Gasteiger partial charge in [-0.05, 0) is 43.0 Å². The lowest BCUT2D eigenvalue weighted by Crippen LogP contribution is -2.30. The van der Waals surface area contributed by atoms with Gasteiger partial charge in [0.1, 0.15) is 12.4 Å². The van der Waals surface area contributed by atoms with E-state index < -0.39 is 0 Å². The Morgan fingerprint density at radius 3 is 2.64 bits per heavy atom. The van der Waals surface area contributed by atoms with Crippen LogP contribution < -0.4 is 14.8 Å². The normalized spacial score (nSPS) is 12.0. The first kappa shape index (κ1) is 20.1. The van der Waals surface area contributed by atoms with Crippen molar-refractivity contribution < 1.29 is 14.3 Å². The van der Waals surface area contributed by atoms with Crippen LogP contribution in [0.1, 0.15) is 24.4 Å². The molecule has 6 nitrogen and oxygen atoms in total. The maximum Gasteiger partial charge on any atom is 0.240 e. The van der Waals surface area contributed by atoms with Crippen LogP contribution in [0.3, 0.4) is 0 Å². The molecular weight excluding hydrogens is 374 g/mol. The van der Waals surface area contributed by atoms with Crippen molar-refractivity contribution in [2.45, 2.75) is 25.3 Å². The van der Waals surface area contributed by atoms with Crippen LogP contribution in [0, 0.1) is 0 Å². The van der Waals surface area contributed by atoms with E-state index >= 15 is 0 Å². The van der Waals surface area contributed by atoms with Crippen molar-refractivity contribution in [2.24, 2.45) is 0 Å². The molecule has 0 aliphatic rings. The van der Waals surface area contributed by atoms with Gasteiger partial charge in [-0.3, -0.25) is 4.79 Å². The third-order valence-corrected chi connectivity index (χ3v) is 5.14. The number of carbonyl (C=O) groups excluding carboxylic acids is 1. The zero-order chi connectivity index (χ0) is 20.1. The van der Waals surface area contributed by atoms with E-state index in [4.69, 9.17) is 9.47 Å². The van der Waals surface area contributed by atoms with E-state index in [9.17, 15) is 4.79 Å². The van der Waals surface area contributed by atoms with E-state index in [0.29, 0.717) is 11.5 Å². The Morgan fingerprint density at radius 2 is 1.93 bits per heavy atom. The molecular formula is C21H25N3O3S. The molecule has 0 radical (unpaired) electrons. The second-order valence-electron chi connectivity index (χ2n) is 6.44. The highest BCUT2D eigenvalue weighted by molar-refractivity contribution is 7.97. The minimum Gasteiger partial charge on any atom is -0.493 e. The third-order valence-electron chi connectivity index (χ3n) is 4.59. The minimum absolute atomic E-state index is 0.0622. The molecule has 0 aliphatic heterocycles. The molecule has 0 fully saturated rings. The molecule has 1 N–H and O–H groups in total. The summed E-state index contributed by atoms with van der Waals surface area (Å²) in [7, 11) is 3.20. The molecule has 2 aromatic carbocycles. The molecule has 28 heavy (non-hydrogen) atoms. The molecule has 0 spiro atoms. The number of methoxy groups -OCH3 is 2. The molecule has 0 aliphatic carbocycles. The van der Waals surface area contributed by atoms with E-state index in [1.165, 1.54) is 0 Å². The Kier molecular flexibility index (Phi) is 6.46. The monoisotopic (exact) mass is 399 g/mol. The Morgan fingerprint density at radius 1 is 1.18 bits per heavy atom. The van der Waals surface area contributed by atoms with Gasteiger partial charge in [0, 0.05) is 0 Å². The number of hydrogen-bond donors (Lipinski definition) is 1. The van der Waals surface area contributed by atoms with Gasteiger partial charge in [0.2, 0.25) is 5.91 Å². The van der Waals surface area contributed by atoms with E-state index in [-0.39, 0.29) is 18.5 Å². The summed E-state index contributed by atoms with van der Waals surface area (Å²) in [4.78, 5) is 17.4. The lowest BCUT2D eigenvalue weighted by molar-refractivity contribution is -0.122. The average molecular weight is 400 g/mol. The van der Waals surface area contributed by atoms with Crippen LogP contribution in [-0.2, 0) is 17.1 Å². The number of nitrogens with zero attached hydrogens (tertiary/aromatic N) is 2. The first-order valence-corrected chi connectivity index (χ1v) is 10.4. The van der Waals surface area contributed by atoms with Gasteiger partial charge < -0.3 is 19.4 Å². The number of amides is 1. The number of para-hydroxylation sites is 2. The SMILES string of the molecule is COc1ccc(C(C)NC(=O)Cn2c(CSC)nc3ccccc32)cc1OC. The van der Waals surface area contributed by atoms with Crippen molar-refractivity contribution in [3.8, 4) is 11.5 Å². The minimum atomic E-state index is -0.161. The Bertz CT molecular complexity index is 971. The van der Waals surface area contributed by atoms with E-state index in [1.54, 1.807) is 26.0 Å². The number of carbonyl (C=O) groups is 1. The quantitative estimate of drug-likeness (QED) is 0.624. The summed E-state index contributed by atoms with van der Waals surface area (Å²) in [5.74, 6) is 2.91. The van der Waals surface area contributed by atoms with Crippen LogP contribution in [0.4, 0.5) is 0 Å². The van der Waals surface area contributed by atoms with Crippen LogP contribution in [0.2, 0.25) is 0 Å². The molecule has 1 heterocycles. The molecule has 148 valence electrons. The summed E-state index contributed by atoms with van der Waals surface area (Å²) in [6.07, 6.45) is 2.03. The molecule has 7 heteroatoms. The largest absolute Gasteiger partial charge is 0.493 e. The lowest BCUT2D eigenvalue weighted by Gasteiger charge is -2.17. The number of ether oxygens (including phenoxy) is 2. The number of benzene rings is 2. The predicted octanol–water partition coefficient (Wildman–Crippen LogP) is 3.79. The van der Waals surface area contributed by atoms with Crippen molar-refractivity contribution >= 4 is 28.7 Å². The van der Waals surface area contributed by atoms with Gasteiger partial charge in [-0.1, -0.05) is 18.2 Å². The van der Waals surface area contributed by atoms with Crippen molar-refractivity contribution in [3.05, 3.63) is 53.9 Å². The van der Waals surface area contributed by atoms with Crippen molar-refractivity contribution in [1.82, 2.24) is 14.9 Å². The highest BCUT2D eigenvalue weighted by atomic mass is 32.2. The van der Waals surface area contributed by atoms with Gasteiger partial charge >= 0.3 is 0 Å². The highest BCUT2D eigenvalue weighted by Gasteiger charge is 2.16. The third kappa shape index (κ3) is 4.25. The maximum absolute atomic E-state index is 12.7. The van der Waals surface area contributed by atoms with Crippen molar-refractivity contribution in [2.75, 3.05) is 20.5 Å². The summed E-state index contributed by atoms with van der Waals surface area (Å²) < 4.78 is 12.6. The summed E-state index contributed by atoms with van der Waals surface area (Å²) in [5.41, 5.74) is 2.83. The number of thioether (sulfide) groups is 1. The molecule has 0 saturated heterocycles. The number of rotatable bonds is 8. The van der Waals surface area contributed by atoms with E-state index in [2.05, 4.69) is 10.3 Å². The lowest BCUT2D eigenvalue weighted by atomic mass is 10.1. The van der Waals surface area contributed by atoms with Crippen LogP contribution in [0.15, 0.2) is 42.5 Å². The average Bonchev–Trinajstić information content (AvgIpc) is 3.04. The van der Waals surface area contributed by atoms with Gasteiger partial charge in [0.05, 0.1) is 37.0 Å². The van der Waals surface area contributed by atoms with Crippen molar-refractivity contribution in [3.63, 3.8) is 0 Å². The molecule has 1 atom stereocenters. The van der Waals surface area contributed by atoms with Gasteiger partial charge in [0.25, 0.3) is 0 Å². The number of nitrogens with one attached hydrogen (secondary N) is 1. The summed E-state index contributed by atoms with van der Waals surface area (Å²) in [6.45, 7) is 2.18. The van der Waals surface area contributed by atoms with E-state index in [0.717, 1.165) is 28.2 Å². The van der Waals surface area contributed by atoms with Crippen molar-refractivity contribution in [1.29, 1.82) is 0 Å². The Hall–Kier alpha value is -2.67. The molecule has 0 bridgehead atoms. The summed E-state index contributed by atoms with van der Waals surface area (Å²) in [5, 5.41) is 3.07. The van der Waals surface area contributed by atoms with Gasteiger partial charge in [-0.2, -0.15) is 11.8 Å². The second-order valence-corrected chi connectivity index (χ2v) is 7.31. The zero-order valence-electron chi connectivity index (χ0n) is 16.6. The molecule has 1 aromatic heterocycles. The summed E-state index contributed by atoms with van der Waals surface area (Å²) >= 11 is 1.69. The molecule has 3 aromatic rings. The molecule has 0 saturated carbocycles. The molecule has 1 unspecified atom stereocenters. The first-order chi connectivity index (χ1) is 13.6. The Labute approximate surface area is 169 Å². The fourth-order valence-corrected chi connectivity index (χ4v) is 3.66. The fraction of sp³-hybridized carbons (Fsp3) is 0.333. The van der Waals surface area contributed by atoms with Crippen LogP contribution >= 0.6 is 11.8 Å². The summed E-state index contributed by atoms with van der Waals surface area (Å²) in [6, 6.07) is 13.4. The molecule has 3 rings (SSSR count). The first-order valence-electron chi connectivity index (χ1n) is 9.01. The smallest absolute Gasteiger partial charge is 0.240 e. The number of aromatic nitrogens is 2. The van der Waals surface area contributed by atoms with Crippen LogP contribution in [0.5, 0.6) is 11.5 Å². The topological polar surface area (TPSA) is 65.4 Å². The van der Waals surface area contributed by atoms with Gasteiger partial charge in [-0.15, -0.1) is 0 Å². The van der Waals surface area contributed by atoms with Gasteiger partial charge in [0.15, 0.2) is 11.5 Å². The highest BCUT2D eigenvalue weighted by Crippen LogP contribution is 2.30. The number of imidazole rings is 1. The molecule has 1 amide bonds. The van der Waals surface area contributed by atoms with Gasteiger partial charge in [-0.25, -0.2) is 4.98 Å². The second kappa shape index (κ2) is 9.01. The maximum atomic E-state index is 12.7. The number of hydrogen-bond acceptors (Lipinski definition) is 5. The van der Waals surface area contributed by atoms with E-state index in [1.807, 2.05) is 60.2 Å². The standard InChI is InChI=1S/C21H25N3O3S/c1-14(15-9-10-18(26-2)19(11-15)27-3)22-21(25)12-24-17-8-6-5-7-16(17)23-20(24)13-28-4/h5-11,14H,12-13H2,1-4H3,(H,22,25). The number of fused-ring (bicyclic) bond motifs is 1. The Balaban J connectivity index is 1.77. The zero-order valence-corrected chi connectivity index (χ0v) is 17.4. The van der Waals surface area contributed by atoms with Crippen LogP contribution in [-0.4, -0.2) is 35.9 Å². The fourth-order valence-electron chi connectivity index (χ4n) is 3.18. The van der Waals surface area contributed by atoms with Crippen LogP contribution in [0.25, 0.3) is 11.0 Å².